The number of anilines is 1. The summed E-state index contributed by atoms with van der Waals surface area (Å²) in [4.78, 5) is 10.8. The summed E-state index contributed by atoms with van der Waals surface area (Å²) >= 11 is 1.71. The number of hydrogen-bond donors (Lipinski definition) is 3. The summed E-state index contributed by atoms with van der Waals surface area (Å²) in [6.45, 7) is 3.38. The SMILES string of the molecule is Cc1cc(O)c(N)c(C(=O)O)c1C.c1ccsc1. The van der Waals surface area contributed by atoms with E-state index in [0.717, 1.165) is 0 Å². The fourth-order valence-electron chi connectivity index (χ4n) is 1.42. The number of carbonyl (C=O) groups is 1. The Balaban J connectivity index is 0.000000269. The van der Waals surface area contributed by atoms with E-state index in [2.05, 4.69) is 0 Å². The van der Waals surface area contributed by atoms with E-state index in [-0.39, 0.29) is 17.0 Å². The first kappa shape index (κ1) is 14.1. The summed E-state index contributed by atoms with van der Waals surface area (Å²) in [5, 5.41) is 22.2. The normalized spacial score (nSPS) is 9.44. The van der Waals surface area contributed by atoms with Gasteiger partial charge in [-0.1, -0.05) is 12.1 Å². The van der Waals surface area contributed by atoms with Crippen molar-refractivity contribution in [2.24, 2.45) is 0 Å². The van der Waals surface area contributed by atoms with Gasteiger partial charge in [-0.2, -0.15) is 11.3 Å². The van der Waals surface area contributed by atoms with Gasteiger partial charge < -0.3 is 15.9 Å². The molecule has 0 amide bonds. The van der Waals surface area contributed by atoms with E-state index in [4.69, 9.17) is 10.8 Å². The fraction of sp³-hybridized carbons (Fsp3) is 0.154. The Labute approximate surface area is 109 Å². The van der Waals surface area contributed by atoms with Crippen molar-refractivity contribution in [1.29, 1.82) is 0 Å². The molecular weight excluding hydrogens is 250 g/mol. The molecule has 4 nitrogen and oxygen atoms in total. The van der Waals surface area contributed by atoms with Crippen molar-refractivity contribution in [1.82, 2.24) is 0 Å². The molecule has 0 aliphatic rings. The van der Waals surface area contributed by atoms with E-state index in [1.165, 1.54) is 6.07 Å². The van der Waals surface area contributed by atoms with Gasteiger partial charge in [0.2, 0.25) is 0 Å². The Morgan fingerprint density at radius 2 is 1.83 bits per heavy atom. The van der Waals surface area contributed by atoms with Gasteiger partial charge >= 0.3 is 5.97 Å². The zero-order valence-electron chi connectivity index (χ0n) is 10.2. The molecule has 1 heterocycles. The van der Waals surface area contributed by atoms with Crippen LogP contribution in [0.2, 0.25) is 0 Å². The number of thiophene rings is 1. The molecule has 0 aliphatic carbocycles. The maximum absolute atomic E-state index is 10.8. The molecule has 96 valence electrons. The molecule has 0 bridgehead atoms. The third-order valence-electron chi connectivity index (χ3n) is 2.50. The van der Waals surface area contributed by atoms with Crippen LogP contribution in [0.25, 0.3) is 0 Å². The van der Waals surface area contributed by atoms with Gasteiger partial charge in [-0.25, -0.2) is 4.79 Å². The van der Waals surface area contributed by atoms with E-state index in [1.807, 2.05) is 22.9 Å². The number of aromatic carboxylic acids is 1. The predicted octanol–water partition coefficient (Wildman–Crippen LogP) is 3.04. The number of phenols is 1. The summed E-state index contributed by atoms with van der Waals surface area (Å²) in [5.41, 5.74) is 6.63. The highest BCUT2D eigenvalue weighted by Gasteiger charge is 2.16. The lowest BCUT2D eigenvalue weighted by atomic mass is 10.0. The molecule has 18 heavy (non-hydrogen) atoms. The molecule has 1 aromatic carbocycles. The molecule has 4 N–H and O–H groups in total. The van der Waals surface area contributed by atoms with Gasteiger partial charge in [-0.05, 0) is 41.8 Å². The number of aromatic hydroxyl groups is 1. The average molecular weight is 265 g/mol. The van der Waals surface area contributed by atoms with Gasteiger partial charge in [0, 0.05) is 0 Å². The fourth-order valence-corrected chi connectivity index (χ4v) is 1.87. The van der Waals surface area contributed by atoms with E-state index in [9.17, 15) is 9.90 Å². The molecule has 5 heteroatoms. The Kier molecular flexibility index (Phi) is 4.74. The van der Waals surface area contributed by atoms with Crippen LogP contribution in [0.15, 0.2) is 29.0 Å². The Morgan fingerprint density at radius 1 is 1.28 bits per heavy atom. The molecule has 0 saturated carbocycles. The lowest BCUT2D eigenvalue weighted by molar-refractivity contribution is 0.0697. The maximum Gasteiger partial charge on any atom is 0.338 e. The first-order chi connectivity index (χ1) is 8.45. The summed E-state index contributed by atoms with van der Waals surface area (Å²) in [6, 6.07) is 5.49. The van der Waals surface area contributed by atoms with Crippen molar-refractivity contribution in [3.63, 3.8) is 0 Å². The van der Waals surface area contributed by atoms with E-state index >= 15 is 0 Å². The first-order valence-electron chi connectivity index (χ1n) is 5.24. The van der Waals surface area contributed by atoms with Crippen LogP contribution in [-0.4, -0.2) is 16.2 Å². The van der Waals surface area contributed by atoms with Crippen LogP contribution >= 0.6 is 11.3 Å². The molecule has 0 radical (unpaired) electrons. The lowest BCUT2D eigenvalue weighted by Gasteiger charge is -2.09. The van der Waals surface area contributed by atoms with Crippen LogP contribution in [0.4, 0.5) is 5.69 Å². The summed E-state index contributed by atoms with van der Waals surface area (Å²) in [7, 11) is 0. The highest BCUT2D eigenvalue weighted by atomic mass is 32.1. The van der Waals surface area contributed by atoms with Crippen LogP contribution in [0, 0.1) is 13.8 Å². The van der Waals surface area contributed by atoms with Crippen LogP contribution in [0.1, 0.15) is 21.5 Å². The number of carboxylic acids is 1. The quantitative estimate of drug-likeness (QED) is 0.546. The number of carboxylic acid groups (broad SMARTS) is 1. The predicted molar refractivity (Wildman–Crippen MR) is 73.3 cm³/mol. The number of nitrogen functional groups attached to an aromatic ring is 1. The number of benzene rings is 1. The smallest absolute Gasteiger partial charge is 0.338 e. The Bertz CT molecular complexity index is 492. The van der Waals surface area contributed by atoms with Gasteiger partial charge in [0.25, 0.3) is 0 Å². The zero-order valence-corrected chi connectivity index (χ0v) is 11.0. The van der Waals surface area contributed by atoms with Crippen molar-refractivity contribution < 1.29 is 15.0 Å². The lowest BCUT2D eigenvalue weighted by Crippen LogP contribution is -2.06. The molecule has 1 aromatic heterocycles. The second kappa shape index (κ2) is 6.07. The first-order valence-corrected chi connectivity index (χ1v) is 6.18. The molecule has 0 unspecified atom stereocenters. The maximum atomic E-state index is 10.8. The van der Waals surface area contributed by atoms with Gasteiger partial charge in [-0.15, -0.1) is 0 Å². The average Bonchev–Trinajstić information content (AvgIpc) is 2.85. The summed E-state index contributed by atoms with van der Waals surface area (Å²) in [6.07, 6.45) is 0. The van der Waals surface area contributed by atoms with E-state index < -0.39 is 5.97 Å². The highest BCUT2D eigenvalue weighted by molar-refractivity contribution is 7.07. The largest absolute Gasteiger partial charge is 0.506 e. The second-order valence-corrected chi connectivity index (χ2v) is 4.54. The third-order valence-corrected chi connectivity index (χ3v) is 3.13. The van der Waals surface area contributed by atoms with Gasteiger partial charge in [-0.3, -0.25) is 0 Å². The van der Waals surface area contributed by atoms with Crippen LogP contribution in [0.5, 0.6) is 5.75 Å². The Hall–Kier alpha value is -2.01. The molecule has 0 saturated heterocycles. The molecule has 0 aliphatic heterocycles. The van der Waals surface area contributed by atoms with E-state index in [0.29, 0.717) is 11.1 Å². The molecule has 0 fully saturated rings. The molecule has 0 atom stereocenters. The van der Waals surface area contributed by atoms with E-state index in [1.54, 1.807) is 25.2 Å². The standard InChI is InChI=1S/C9H11NO3.C4H4S/c1-4-3-6(11)8(10)7(5(4)2)9(12)13;1-2-4-5-3-1/h3,11H,10H2,1-2H3,(H,12,13);1-4H. The molecular formula is C13H15NO3S. The Morgan fingerprint density at radius 3 is 2.22 bits per heavy atom. The van der Waals surface area contributed by atoms with Crippen molar-refractivity contribution in [2.75, 3.05) is 5.73 Å². The highest BCUT2D eigenvalue weighted by Crippen LogP contribution is 2.29. The van der Waals surface area contributed by atoms with Crippen LogP contribution in [0.3, 0.4) is 0 Å². The number of aryl methyl sites for hydroxylation is 1. The summed E-state index contributed by atoms with van der Waals surface area (Å²) < 4.78 is 0. The van der Waals surface area contributed by atoms with Gasteiger partial charge in [0.15, 0.2) is 0 Å². The van der Waals surface area contributed by atoms with Crippen molar-refractivity contribution in [3.05, 3.63) is 45.6 Å². The number of nitrogens with two attached hydrogens (primary N) is 1. The van der Waals surface area contributed by atoms with Crippen LogP contribution < -0.4 is 5.73 Å². The minimum atomic E-state index is -1.12. The summed E-state index contributed by atoms with van der Waals surface area (Å²) in [5.74, 6) is -1.30. The van der Waals surface area contributed by atoms with Gasteiger partial charge in [0.05, 0.1) is 11.3 Å². The number of hydrogen-bond acceptors (Lipinski definition) is 4. The van der Waals surface area contributed by atoms with Crippen LogP contribution in [-0.2, 0) is 0 Å². The minimum Gasteiger partial charge on any atom is -0.506 e. The molecule has 2 aromatic rings. The van der Waals surface area contributed by atoms with Gasteiger partial charge in [0.1, 0.15) is 5.75 Å². The topological polar surface area (TPSA) is 83.5 Å². The second-order valence-electron chi connectivity index (χ2n) is 3.72. The zero-order chi connectivity index (χ0) is 13.7. The minimum absolute atomic E-state index is 0.0162. The van der Waals surface area contributed by atoms with Crippen molar-refractivity contribution >= 4 is 23.0 Å². The monoisotopic (exact) mass is 265 g/mol. The molecule has 2 rings (SSSR count). The number of phenolic OH excluding ortho intramolecular Hbond substituents is 1. The number of rotatable bonds is 1. The third kappa shape index (κ3) is 3.24. The van der Waals surface area contributed by atoms with Crippen molar-refractivity contribution in [2.45, 2.75) is 13.8 Å². The van der Waals surface area contributed by atoms with Crippen molar-refractivity contribution in [3.8, 4) is 5.75 Å². The molecule has 0 spiro atoms.